The van der Waals surface area contributed by atoms with Gasteiger partial charge in [-0.2, -0.15) is 0 Å². The third kappa shape index (κ3) is 3.19. The Morgan fingerprint density at radius 3 is 2.73 bits per heavy atom. The average molecular weight is 323 g/mol. The minimum atomic E-state index is -0.481. The Balaban J connectivity index is 2.42. The van der Waals surface area contributed by atoms with E-state index in [9.17, 15) is 14.4 Å². The predicted octanol–water partition coefficient (Wildman–Crippen LogP) is 2.48. The van der Waals surface area contributed by atoms with Crippen LogP contribution in [0.5, 0.6) is 0 Å². The maximum atomic E-state index is 12.1. The number of fused-ring (bicyclic) bond motifs is 1. The topological polar surface area (TPSA) is 74.1 Å². The molecule has 0 fully saturated rings. The van der Waals surface area contributed by atoms with Gasteiger partial charge in [0.2, 0.25) is 0 Å². The lowest BCUT2D eigenvalue weighted by Crippen LogP contribution is -2.11. The van der Waals surface area contributed by atoms with Gasteiger partial charge in [0.1, 0.15) is 4.83 Å². The van der Waals surface area contributed by atoms with Crippen LogP contribution in [0.3, 0.4) is 0 Å². The Labute approximate surface area is 131 Å². The molecule has 0 aliphatic rings. The summed E-state index contributed by atoms with van der Waals surface area (Å²) >= 11 is 1.29. The number of ether oxygens (including phenoxy) is 2. The van der Waals surface area contributed by atoms with Gasteiger partial charge in [0.15, 0.2) is 6.29 Å². The van der Waals surface area contributed by atoms with Gasteiger partial charge in [-0.05, 0) is 26.8 Å². The highest BCUT2D eigenvalue weighted by Gasteiger charge is 2.22. The molecule has 0 unspecified atom stereocenters. The first-order valence-electron chi connectivity index (χ1n) is 6.91. The summed E-state index contributed by atoms with van der Waals surface area (Å²) in [5.74, 6) is -0.857. The molecule has 0 aliphatic carbocycles. The number of hydrogen-bond donors (Lipinski definition) is 0. The van der Waals surface area contributed by atoms with Gasteiger partial charge < -0.3 is 13.9 Å². The molecular formula is C15H17NO5S. The maximum absolute atomic E-state index is 12.1. The molecule has 0 aliphatic heterocycles. The molecule has 0 bridgehead atoms. The summed E-state index contributed by atoms with van der Waals surface area (Å²) in [6.07, 6.45) is 0.448. The van der Waals surface area contributed by atoms with Gasteiger partial charge in [-0.1, -0.05) is 0 Å². The van der Waals surface area contributed by atoms with Crippen LogP contribution in [-0.4, -0.2) is 35.3 Å². The molecule has 0 aromatic carbocycles. The van der Waals surface area contributed by atoms with Gasteiger partial charge in [-0.3, -0.25) is 9.59 Å². The van der Waals surface area contributed by atoms with E-state index in [0.29, 0.717) is 34.7 Å². The molecule has 22 heavy (non-hydrogen) atoms. The third-order valence-electron chi connectivity index (χ3n) is 2.89. The van der Waals surface area contributed by atoms with Gasteiger partial charge in [-0.15, -0.1) is 11.3 Å². The van der Waals surface area contributed by atoms with E-state index < -0.39 is 5.97 Å². The van der Waals surface area contributed by atoms with Gasteiger partial charge in [0.05, 0.1) is 30.4 Å². The van der Waals surface area contributed by atoms with Crippen molar-refractivity contribution in [2.24, 2.45) is 0 Å². The molecule has 0 atom stereocenters. The highest BCUT2D eigenvalue weighted by Crippen LogP contribution is 2.26. The van der Waals surface area contributed by atoms with Crippen LogP contribution in [0, 0.1) is 0 Å². The van der Waals surface area contributed by atoms with Crippen molar-refractivity contribution in [3.05, 3.63) is 28.4 Å². The smallest absolute Gasteiger partial charge is 0.341 e. The van der Waals surface area contributed by atoms with Crippen molar-refractivity contribution in [1.82, 2.24) is 4.40 Å². The van der Waals surface area contributed by atoms with E-state index in [0.717, 1.165) is 0 Å². The molecule has 2 heterocycles. The van der Waals surface area contributed by atoms with Gasteiger partial charge >= 0.3 is 11.9 Å². The third-order valence-corrected chi connectivity index (χ3v) is 3.91. The fourth-order valence-corrected chi connectivity index (χ4v) is 3.13. The summed E-state index contributed by atoms with van der Waals surface area (Å²) in [5, 5.41) is 1.74. The number of rotatable bonds is 6. The minimum absolute atomic E-state index is 0.0437. The summed E-state index contributed by atoms with van der Waals surface area (Å²) in [4.78, 5) is 35.6. The number of aldehydes is 1. The number of thiazole rings is 1. The van der Waals surface area contributed by atoms with Crippen LogP contribution >= 0.6 is 11.3 Å². The Morgan fingerprint density at radius 2 is 2.14 bits per heavy atom. The highest BCUT2D eigenvalue weighted by atomic mass is 32.1. The number of carbonyl (C=O) groups is 3. The van der Waals surface area contributed by atoms with E-state index in [-0.39, 0.29) is 18.5 Å². The number of hydrogen-bond acceptors (Lipinski definition) is 6. The second-order valence-corrected chi connectivity index (χ2v) is 5.76. The van der Waals surface area contributed by atoms with E-state index in [1.165, 1.54) is 17.4 Å². The summed E-state index contributed by atoms with van der Waals surface area (Å²) in [6.45, 7) is 5.54. The molecule has 118 valence electrons. The van der Waals surface area contributed by atoms with E-state index in [1.54, 1.807) is 30.6 Å². The van der Waals surface area contributed by atoms with Gasteiger partial charge in [0, 0.05) is 11.1 Å². The van der Waals surface area contributed by atoms with Crippen LogP contribution in [0.15, 0.2) is 11.4 Å². The van der Waals surface area contributed by atoms with Crippen LogP contribution < -0.4 is 0 Å². The Bertz CT molecular complexity index is 713. The zero-order valence-electron chi connectivity index (χ0n) is 12.6. The van der Waals surface area contributed by atoms with Gasteiger partial charge in [-0.25, -0.2) is 4.79 Å². The molecule has 2 rings (SSSR count). The number of nitrogens with zero attached hydrogens (tertiary/aromatic N) is 1. The normalized spacial score (nSPS) is 10.9. The molecule has 0 saturated heterocycles. The Hall–Kier alpha value is -2.15. The van der Waals surface area contributed by atoms with Crippen LogP contribution in [0.1, 0.15) is 47.3 Å². The first kappa shape index (κ1) is 16.2. The van der Waals surface area contributed by atoms with Crippen LogP contribution in [0.2, 0.25) is 0 Å². The Kier molecular flexibility index (Phi) is 4.97. The second kappa shape index (κ2) is 6.74. The molecule has 0 radical (unpaired) electrons. The monoisotopic (exact) mass is 323 g/mol. The molecular weight excluding hydrogens is 306 g/mol. The fourth-order valence-electron chi connectivity index (χ4n) is 2.09. The standard InChI is InChI=1S/C15H17NO5S/c1-4-20-13(18)6-11-8-22-14-12(15(19)21-9(2)3)5-10(7-17)16(11)14/h5,7-9H,4,6H2,1-3H3. The molecule has 2 aromatic rings. The lowest BCUT2D eigenvalue weighted by molar-refractivity contribution is -0.142. The molecule has 2 aromatic heterocycles. The van der Waals surface area contributed by atoms with Crippen LogP contribution in [0.25, 0.3) is 4.83 Å². The fraction of sp³-hybridized carbons (Fsp3) is 0.400. The van der Waals surface area contributed by atoms with E-state index in [2.05, 4.69) is 0 Å². The maximum Gasteiger partial charge on any atom is 0.341 e. The highest BCUT2D eigenvalue weighted by molar-refractivity contribution is 7.16. The molecule has 6 nitrogen and oxygen atoms in total. The first-order valence-corrected chi connectivity index (χ1v) is 7.79. The largest absolute Gasteiger partial charge is 0.466 e. The minimum Gasteiger partial charge on any atom is -0.466 e. The summed E-state index contributed by atoms with van der Waals surface area (Å²) in [6, 6.07) is 1.48. The molecule has 0 N–H and O–H groups in total. The zero-order valence-corrected chi connectivity index (χ0v) is 13.4. The summed E-state index contributed by atoms with van der Waals surface area (Å²) in [7, 11) is 0. The SMILES string of the molecule is CCOC(=O)Cc1csc2c(C(=O)OC(C)C)cc(C=O)n12. The summed E-state index contributed by atoms with van der Waals surface area (Å²) < 4.78 is 11.7. The molecule has 0 spiro atoms. The Morgan fingerprint density at radius 1 is 1.41 bits per heavy atom. The van der Waals surface area contributed by atoms with Crippen molar-refractivity contribution in [3.63, 3.8) is 0 Å². The van der Waals surface area contributed by atoms with Crippen LogP contribution in [0.4, 0.5) is 0 Å². The average Bonchev–Trinajstić information content (AvgIpc) is 2.99. The number of carbonyl (C=O) groups excluding carboxylic acids is 3. The van der Waals surface area contributed by atoms with Gasteiger partial charge in [0.25, 0.3) is 0 Å². The first-order chi connectivity index (χ1) is 10.5. The lowest BCUT2D eigenvalue weighted by atomic mass is 10.3. The molecule has 0 saturated carbocycles. The van der Waals surface area contributed by atoms with E-state index in [1.807, 2.05) is 0 Å². The number of esters is 2. The second-order valence-electron chi connectivity index (χ2n) is 4.90. The summed E-state index contributed by atoms with van der Waals surface area (Å²) in [5.41, 5.74) is 1.26. The van der Waals surface area contributed by atoms with Crippen molar-refractivity contribution in [2.45, 2.75) is 33.3 Å². The lowest BCUT2D eigenvalue weighted by Gasteiger charge is -2.05. The molecule has 7 heteroatoms. The van der Waals surface area contributed by atoms with Crippen LogP contribution in [-0.2, 0) is 20.7 Å². The predicted molar refractivity (Wildman–Crippen MR) is 81.6 cm³/mol. The quantitative estimate of drug-likeness (QED) is 0.603. The number of aromatic nitrogens is 1. The van der Waals surface area contributed by atoms with E-state index in [4.69, 9.17) is 9.47 Å². The van der Waals surface area contributed by atoms with Crippen molar-refractivity contribution in [1.29, 1.82) is 0 Å². The van der Waals surface area contributed by atoms with Crippen molar-refractivity contribution in [3.8, 4) is 0 Å². The van der Waals surface area contributed by atoms with Crippen molar-refractivity contribution >= 4 is 34.4 Å². The van der Waals surface area contributed by atoms with Crippen molar-refractivity contribution < 1.29 is 23.9 Å². The zero-order chi connectivity index (χ0) is 16.3. The van der Waals surface area contributed by atoms with E-state index >= 15 is 0 Å². The van der Waals surface area contributed by atoms with Crippen molar-refractivity contribution in [2.75, 3.05) is 6.61 Å². The molecule has 0 amide bonds.